The molecular formula is C8H2F4N2O4. The van der Waals surface area contributed by atoms with Crippen molar-refractivity contribution in [3.05, 3.63) is 29.3 Å². The smallest absolute Gasteiger partial charge is 0.338 e. The minimum Gasteiger partial charge on any atom is -0.338 e. The quantitative estimate of drug-likeness (QED) is 0.345. The van der Waals surface area contributed by atoms with E-state index in [4.69, 9.17) is 0 Å². The van der Waals surface area contributed by atoms with E-state index in [0.29, 0.717) is 0 Å². The Hall–Kier alpha value is -2.36. The normalized spacial score (nSPS) is 15.4. The molecule has 0 unspecified atom stereocenters. The van der Waals surface area contributed by atoms with Crippen molar-refractivity contribution < 1.29 is 36.8 Å². The van der Waals surface area contributed by atoms with Crippen LogP contribution in [-0.4, -0.2) is 11.9 Å². The summed E-state index contributed by atoms with van der Waals surface area (Å²) in [5.41, 5.74) is 0.233. The highest BCUT2D eigenvalue weighted by atomic mass is 19.2. The van der Waals surface area contributed by atoms with Crippen LogP contribution in [-0.2, 0) is 19.3 Å². The minimum atomic E-state index is -1.99. The molecule has 0 saturated carbocycles. The molecule has 1 fully saturated rings. The molecule has 10 heteroatoms. The van der Waals surface area contributed by atoms with Crippen molar-refractivity contribution in [2.75, 3.05) is 5.17 Å². The summed E-state index contributed by atoms with van der Waals surface area (Å²) in [5.74, 6) is -10.4. The van der Waals surface area contributed by atoms with Crippen LogP contribution in [0.15, 0.2) is 6.07 Å². The number of rotatable bonds is 1. The third-order valence-electron chi connectivity index (χ3n) is 1.86. The fraction of sp³-hybridized carbons (Fsp3) is 0. The van der Waals surface area contributed by atoms with Crippen LogP contribution >= 0.6 is 0 Å². The average molecular weight is 266 g/mol. The van der Waals surface area contributed by atoms with E-state index in [1.165, 1.54) is 5.59 Å². The summed E-state index contributed by atoms with van der Waals surface area (Å²) >= 11 is 0. The molecule has 1 aliphatic heterocycles. The molecule has 6 nitrogen and oxygen atoms in total. The molecule has 0 aromatic heterocycles. The number of halogens is 4. The molecule has 0 amide bonds. The average Bonchev–Trinajstić information content (AvgIpc) is 2.31. The molecule has 1 heterocycles. The second-order valence-corrected chi connectivity index (χ2v) is 2.97. The molecule has 1 N–H and O–H groups in total. The van der Waals surface area contributed by atoms with Crippen LogP contribution in [0.25, 0.3) is 0 Å². The summed E-state index contributed by atoms with van der Waals surface area (Å²) in [6.45, 7) is 0. The summed E-state index contributed by atoms with van der Waals surface area (Å²) in [4.78, 5) is 29.3. The third-order valence-corrected chi connectivity index (χ3v) is 1.86. The lowest BCUT2D eigenvalue weighted by Crippen LogP contribution is -2.50. The standard InChI is InChI=1S/C8H2F4N2O4/c9-2-1-3(10)6(5(12)4(2)11)14-13-17-7(15)8(16)18-14/h1,13H. The Bertz CT molecular complexity index is 550. The highest BCUT2D eigenvalue weighted by molar-refractivity contribution is 6.30. The van der Waals surface area contributed by atoms with E-state index in [2.05, 4.69) is 9.68 Å². The lowest BCUT2D eigenvalue weighted by Gasteiger charge is -2.25. The van der Waals surface area contributed by atoms with E-state index >= 15 is 0 Å². The monoisotopic (exact) mass is 266 g/mol. The number of nitrogens with zero attached hydrogens (tertiary/aromatic N) is 1. The van der Waals surface area contributed by atoms with E-state index < -0.39 is 40.9 Å². The summed E-state index contributed by atoms with van der Waals surface area (Å²) < 4.78 is 52.0. The van der Waals surface area contributed by atoms with Gasteiger partial charge in [0, 0.05) is 6.07 Å². The van der Waals surface area contributed by atoms with Gasteiger partial charge in [-0.3, -0.25) is 0 Å². The van der Waals surface area contributed by atoms with Crippen molar-refractivity contribution in [1.82, 2.24) is 5.59 Å². The van der Waals surface area contributed by atoms with Gasteiger partial charge in [-0.2, -0.15) is 0 Å². The number of nitrogens with one attached hydrogen (secondary N) is 1. The second kappa shape index (κ2) is 4.14. The van der Waals surface area contributed by atoms with Crippen LogP contribution < -0.4 is 10.8 Å². The lowest BCUT2D eigenvalue weighted by molar-refractivity contribution is -0.192. The van der Waals surface area contributed by atoms with Crippen molar-refractivity contribution >= 4 is 17.6 Å². The van der Waals surface area contributed by atoms with Crippen molar-refractivity contribution in [2.45, 2.75) is 0 Å². The van der Waals surface area contributed by atoms with Crippen molar-refractivity contribution in [1.29, 1.82) is 0 Å². The lowest BCUT2D eigenvalue weighted by atomic mass is 10.2. The number of benzene rings is 1. The van der Waals surface area contributed by atoms with Gasteiger partial charge in [0.05, 0.1) is 0 Å². The first kappa shape index (κ1) is 12.1. The maximum atomic E-state index is 13.3. The van der Waals surface area contributed by atoms with Gasteiger partial charge in [-0.15, -0.1) is 0 Å². The largest absolute Gasteiger partial charge is 0.444 e. The van der Waals surface area contributed by atoms with E-state index in [-0.39, 0.29) is 11.2 Å². The van der Waals surface area contributed by atoms with Gasteiger partial charge in [0.25, 0.3) is 0 Å². The molecule has 0 bridgehead atoms. The van der Waals surface area contributed by atoms with Gasteiger partial charge in [-0.25, -0.2) is 27.2 Å². The fourth-order valence-corrected chi connectivity index (χ4v) is 1.10. The first-order valence-corrected chi connectivity index (χ1v) is 4.23. The molecular weight excluding hydrogens is 264 g/mol. The number of carbonyl (C=O) groups excluding carboxylic acids is 2. The SMILES string of the molecule is O=C1ONN(c2c(F)cc(F)c(F)c2F)OC1=O. The Balaban J connectivity index is 2.43. The van der Waals surface area contributed by atoms with Crippen LogP contribution in [0.1, 0.15) is 0 Å². The van der Waals surface area contributed by atoms with Crippen LogP contribution in [0, 0.1) is 23.3 Å². The number of anilines is 1. The van der Waals surface area contributed by atoms with Gasteiger partial charge < -0.3 is 9.68 Å². The summed E-state index contributed by atoms with van der Waals surface area (Å²) in [6.07, 6.45) is 0. The van der Waals surface area contributed by atoms with Crippen LogP contribution in [0.4, 0.5) is 23.2 Å². The minimum absolute atomic E-state index is 0.0275. The molecule has 18 heavy (non-hydrogen) atoms. The first-order chi connectivity index (χ1) is 8.41. The molecule has 0 spiro atoms. The topological polar surface area (TPSA) is 67.9 Å². The van der Waals surface area contributed by atoms with Crippen LogP contribution in [0.5, 0.6) is 0 Å². The van der Waals surface area contributed by atoms with Gasteiger partial charge >= 0.3 is 11.9 Å². The highest BCUT2D eigenvalue weighted by Gasteiger charge is 2.34. The zero-order valence-electron chi connectivity index (χ0n) is 8.17. The van der Waals surface area contributed by atoms with Gasteiger partial charge in [-0.1, -0.05) is 5.17 Å². The summed E-state index contributed by atoms with van der Waals surface area (Å²) in [7, 11) is 0. The van der Waals surface area contributed by atoms with Crippen molar-refractivity contribution in [3.8, 4) is 0 Å². The predicted octanol–water partition coefficient (Wildman–Crippen LogP) is 0.484. The van der Waals surface area contributed by atoms with Gasteiger partial charge in [0.2, 0.25) is 0 Å². The molecule has 1 saturated heterocycles. The van der Waals surface area contributed by atoms with E-state index in [1.807, 2.05) is 0 Å². The zero-order chi connectivity index (χ0) is 13.4. The number of carbonyl (C=O) groups is 2. The Morgan fingerprint density at radius 1 is 1.00 bits per heavy atom. The number of hydrazine groups is 1. The number of hydrogen-bond acceptors (Lipinski definition) is 6. The van der Waals surface area contributed by atoms with Gasteiger partial charge in [0.1, 0.15) is 0 Å². The van der Waals surface area contributed by atoms with E-state index in [1.54, 1.807) is 0 Å². The number of hydrogen-bond donors (Lipinski definition) is 1. The first-order valence-electron chi connectivity index (χ1n) is 4.23. The zero-order valence-corrected chi connectivity index (χ0v) is 8.17. The summed E-state index contributed by atoms with van der Waals surface area (Å²) in [5, 5.41) is -0.0864. The Morgan fingerprint density at radius 2 is 1.67 bits per heavy atom. The molecule has 1 aromatic rings. The maximum Gasteiger partial charge on any atom is 0.444 e. The Morgan fingerprint density at radius 3 is 2.28 bits per heavy atom. The van der Waals surface area contributed by atoms with Crippen molar-refractivity contribution in [2.24, 2.45) is 0 Å². The fourth-order valence-electron chi connectivity index (χ4n) is 1.10. The molecule has 2 rings (SSSR count). The Kier molecular flexibility index (Phi) is 2.79. The van der Waals surface area contributed by atoms with Gasteiger partial charge in [-0.05, 0) is 5.59 Å². The molecule has 96 valence electrons. The molecule has 1 aromatic carbocycles. The third kappa shape index (κ3) is 1.82. The summed E-state index contributed by atoms with van der Waals surface area (Å²) in [6, 6.07) is 0.0275. The highest BCUT2D eigenvalue weighted by Crippen LogP contribution is 2.27. The van der Waals surface area contributed by atoms with Crippen molar-refractivity contribution in [3.63, 3.8) is 0 Å². The predicted molar refractivity (Wildman–Crippen MR) is 44.1 cm³/mol. The molecule has 0 aliphatic carbocycles. The van der Waals surface area contributed by atoms with E-state index in [0.717, 1.165) is 0 Å². The van der Waals surface area contributed by atoms with Crippen LogP contribution in [0.2, 0.25) is 0 Å². The Labute approximate surface area is 95.6 Å². The second-order valence-electron chi connectivity index (χ2n) is 2.97. The van der Waals surface area contributed by atoms with Gasteiger partial charge in [0.15, 0.2) is 29.0 Å². The van der Waals surface area contributed by atoms with E-state index in [9.17, 15) is 27.2 Å². The molecule has 0 atom stereocenters. The molecule has 1 aliphatic rings. The maximum absolute atomic E-state index is 13.3. The van der Waals surface area contributed by atoms with Crippen LogP contribution in [0.3, 0.4) is 0 Å². The molecule has 0 radical (unpaired) electrons.